The normalized spacial score (nSPS) is 13.8. The molecule has 3 nitrogen and oxygen atoms in total. The lowest BCUT2D eigenvalue weighted by Gasteiger charge is -2.25. The van der Waals surface area contributed by atoms with Gasteiger partial charge in [0.15, 0.2) is 0 Å². The van der Waals surface area contributed by atoms with Crippen molar-refractivity contribution in [3.63, 3.8) is 0 Å². The van der Waals surface area contributed by atoms with Crippen LogP contribution in [0.2, 0.25) is 0 Å². The molecule has 0 heterocycles. The fourth-order valence-corrected chi connectivity index (χ4v) is 1.66. The van der Waals surface area contributed by atoms with Crippen molar-refractivity contribution in [2.45, 2.75) is 40.2 Å². The van der Waals surface area contributed by atoms with Crippen LogP contribution in [0.25, 0.3) is 0 Å². The van der Waals surface area contributed by atoms with Crippen molar-refractivity contribution in [1.82, 2.24) is 10.2 Å². The third-order valence-corrected chi connectivity index (χ3v) is 2.35. The second-order valence-corrected chi connectivity index (χ2v) is 4.60. The Morgan fingerprint density at radius 2 is 1.87 bits per heavy atom. The number of nitrogens with zero attached hydrogens (tertiary/aromatic N) is 1. The Labute approximate surface area is 94.9 Å². The molecule has 0 radical (unpaired) electrons. The van der Waals surface area contributed by atoms with Gasteiger partial charge in [-0.05, 0) is 25.4 Å². The molecule has 0 bridgehead atoms. The molecule has 0 spiro atoms. The quantitative estimate of drug-likeness (QED) is 0.571. The molecule has 0 saturated heterocycles. The molecule has 92 valence electrons. The van der Waals surface area contributed by atoms with E-state index in [9.17, 15) is 5.11 Å². The Morgan fingerprint density at radius 3 is 2.33 bits per heavy atom. The fourth-order valence-electron chi connectivity index (χ4n) is 1.66. The summed E-state index contributed by atoms with van der Waals surface area (Å²) >= 11 is 0. The minimum Gasteiger partial charge on any atom is -0.390 e. The Kier molecular flexibility index (Phi) is 9.06. The number of hydrogen-bond donors (Lipinski definition) is 2. The molecule has 0 fully saturated rings. The monoisotopic (exact) mass is 216 g/mol. The predicted molar refractivity (Wildman–Crippen MR) is 66.1 cm³/mol. The maximum absolute atomic E-state index is 9.79. The van der Waals surface area contributed by atoms with Crippen LogP contribution in [-0.2, 0) is 0 Å². The van der Waals surface area contributed by atoms with Crippen molar-refractivity contribution in [2.75, 3.05) is 32.7 Å². The smallest absolute Gasteiger partial charge is 0.0791 e. The van der Waals surface area contributed by atoms with Crippen molar-refractivity contribution in [3.05, 3.63) is 0 Å². The zero-order chi connectivity index (χ0) is 11.7. The predicted octanol–water partition coefficient (Wildman–Crippen LogP) is 1.32. The van der Waals surface area contributed by atoms with Crippen molar-refractivity contribution < 1.29 is 5.11 Å². The van der Waals surface area contributed by atoms with E-state index in [1.807, 2.05) is 0 Å². The van der Waals surface area contributed by atoms with Crippen molar-refractivity contribution in [2.24, 2.45) is 5.92 Å². The largest absolute Gasteiger partial charge is 0.390 e. The van der Waals surface area contributed by atoms with E-state index in [0.29, 0.717) is 12.5 Å². The number of nitrogens with one attached hydrogen (secondary N) is 1. The lowest BCUT2D eigenvalue weighted by Crippen LogP contribution is -2.39. The summed E-state index contributed by atoms with van der Waals surface area (Å²) in [4.78, 5) is 2.31. The van der Waals surface area contributed by atoms with E-state index in [2.05, 4.69) is 37.9 Å². The molecule has 0 aromatic heterocycles. The first kappa shape index (κ1) is 14.9. The van der Waals surface area contributed by atoms with Crippen LogP contribution >= 0.6 is 0 Å². The molecule has 0 aromatic rings. The Bertz CT molecular complexity index is 140. The third kappa shape index (κ3) is 8.85. The standard InChI is InChI=1S/C12H28N2O/c1-5-7-13-8-12(15)10-14(6-2)9-11(3)4/h11-13,15H,5-10H2,1-4H3. The van der Waals surface area contributed by atoms with Gasteiger partial charge in [0.05, 0.1) is 6.10 Å². The Hall–Kier alpha value is -0.120. The molecule has 2 N–H and O–H groups in total. The molecular formula is C12H28N2O. The van der Waals surface area contributed by atoms with Crippen LogP contribution in [0, 0.1) is 5.92 Å². The molecule has 1 unspecified atom stereocenters. The van der Waals surface area contributed by atoms with Crippen LogP contribution < -0.4 is 5.32 Å². The second-order valence-electron chi connectivity index (χ2n) is 4.60. The Morgan fingerprint density at radius 1 is 1.20 bits per heavy atom. The molecule has 0 aliphatic carbocycles. The van der Waals surface area contributed by atoms with Crippen LogP contribution in [0.1, 0.15) is 34.1 Å². The van der Waals surface area contributed by atoms with E-state index in [1.54, 1.807) is 0 Å². The summed E-state index contributed by atoms with van der Waals surface area (Å²) in [6.45, 7) is 13.3. The minimum absolute atomic E-state index is 0.241. The zero-order valence-electron chi connectivity index (χ0n) is 10.8. The topological polar surface area (TPSA) is 35.5 Å². The maximum atomic E-state index is 9.79. The maximum Gasteiger partial charge on any atom is 0.0791 e. The highest BCUT2D eigenvalue weighted by Gasteiger charge is 2.10. The van der Waals surface area contributed by atoms with Crippen molar-refractivity contribution in [3.8, 4) is 0 Å². The van der Waals surface area contributed by atoms with Crippen LogP contribution in [0.3, 0.4) is 0 Å². The third-order valence-electron chi connectivity index (χ3n) is 2.35. The van der Waals surface area contributed by atoms with Crippen molar-refractivity contribution >= 4 is 0 Å². The SMILES string of the molecule is CCCNCC(O)CN(CC)CC(C)C. The molecule has 0 saturated carbocycles. The first-order valence-electron chi connectivity index (χ1n) is 6.21. The number of hydrogen-bond acceptors (Lipinski definition) is 3. The molecule has 15 heavy (non-hydrogen) atoms. The number of aliphatic hydroxyl groups excluding tert-OH is 1. The van der Waals surface area contributed by atoms with Gasteiger partial charge in [-0.15, -0.1) is 0 Å². The average molecular weight is 216 g/mol. The molecule has 0 amide bonds. The van der Waals surface area contributed by atoms with Gasteiger partial charge in [-0.25, -0.2) is 0 Å². The highest BCUT2D eigenvalue weighted by Crippen LogP contribution is 1.99. The van der Waals surface area contributed by atoms with Gasteiger partial charge < -0.3 is 15.3 Å². The van der Waals surface area contributed by atoms with E-state index < -0.39 is 0 Å². The van der Waals surface area contributed by atoms with E-state index in [1.165, 1.54) is 0 Å². The zero-order valence-corrected chi connectivity index (χ0v) is 10.8. The summed E-state index contributed by atoms with van der Waals surface area (Å²) in [6.07, 6.45) is 0.881. The Balaban J connectivity index is 3.65. The summed E-state index contributed by atoms with van der Waals surface area (Å²) in [5.74, 6) is 0.667. The van der Waals surface area contributed by atoms with Crippen molar-refractivity contribution in [1.29, 1.82) is 0 Å². The molecule has 0 aromatic carbocycles. The highest BCUT2D eigenvalue weighted by atomic mass is 16.3. The van der Waals surface area contributed by atoms with Gasteiger partial charge in [0.1, 0.15) is 0 Å². The van der Waals surface area contributed by atoms with E-state index in [4.69, 9.17) is 0 Å². The van der Waals surface area contributed by atoms with Crippen LogP contribution in [0.15, 0.2) is 0 Å². The molecule has 0 rings (SSSR count). The number of aliphatic hydroxyl groups is 1. The summed E-state index contributed by atoms with van der Waals surface area (Å²) < 4.78 is 0. The van der Waals surface area contributed by atoms with Gasteiger partial charge in [-0.3, -0.25) is 0 Å². The lowest BCUT2D eigenvalue weighted by molar-refractivity contribution is 0.108. The van der Waals surface area contributed by atoms with Gasteiger partial charge >= 0.3 is 0 Å². The molecule has 0 aliphatic rings. The average Bonchev–Trinajstić information content (AvgIpc) is 2.16. The second kappa shape index (κ2) is 9.13. The number of rotatable bonds is 9. The van der Waals surface area contributed by atoms with Crippen LogP contribution in [-0.4, -0.2) is 48.8 Å². The first-order chi connectivity index (χ1) is 7.10. The van der Waals surface area contributed by atoms with Crippen LogP contribution in [0.4, 0.5) is 0 Å². The van der Waals surface area contributed by atoms with Gasteiger partial charge in [-0.2, -0.15) is 0 Å². The number of likely N-dealkylation sites (N-methyl/N-ethyl adjacent to an activating group) is 1. The summed E-state index contributed by atoms with van der Waals surface area (Å²) in [6, 6.07) is 0. The molecular weight excluding hydrogens is 188 g/mol. The van der Waals surface area contributed by atoms with E-state index in [0.717, 1.165) is 32.6 Å². The highest BCUT2D eigenvalue weighted by molar-refractivity contribution is 4.67. The lowest BCUT2D eigenvalue weighted by atomic mass is 10.2. The summed E-state index contributed by atoms with van der Waals surface area (Å²) in [5.41, 5.74) is 0. The van der Waals surface area contributed by atoms with Gasteiger partial charge in [-0.1, -0.05) is 27.7 Å². The van der Waals surface area contributed by atoms with Gasteiger partial charge in [0.2, 0.25) is 0 Å². The fraction of sp³-hybridized carbons (Fsp3) is 1.00. The molecule has 0 aliphatic heterocycles. The summed E-state index contributed by atoms with van der Waals surface area (Å²) in [7, 11) is 0. The van der Waals surface area contributed by atoms with E-state index >= 15 is 0 Å². The minimum atomic E-state index is -0.241. The first-order valence-corrected chi connectivity index (χ1v) is 6.21. The van der Waals surface area contributed by atoms with Gasteiger partial charge in [0.25, 0.3) is 0 Å². The molecule has 1 atom stereocenters. The molecule has 3 heteroatoms. The van der Waals surface area contributed by atoms with Crippen LogP contribution in [0.5, 0.6) is 0 Å². The van der Waals surface area contributed by atoms with Gasteiger partial charge in [0, 0.05) is 19.6 Å². The summed E-state index contributed by atoms with van der Waals surface area (Å²) in [5, 5.41) is 13.0. The van der Waals surface area contributed by atoms with E-state index in [-0.39, 0.29) is 6.10 Å².